The Morgan fingerprint density at radius 2 is 2.17 bits per heavy atom. The summed E-state index contributed by atoms with van der Waals surface area (Å²) in [6, 6.07) is 4.97. The van der Waals surface area contributed by atoms with Crippen LogP contribution in [-0.4, -0.2) is 25.8 Å². The molecule has 2 rings (SSSR count). The Bertz CT molecular complexity index is 410. The van der Waals surface area contributed by atoms with E-state index >= 15 is 0 Å². The molecule has 4 nitrogen and oxygen atoms in total. The maximum atomic E-state index is 11.9. The number of ether oxygens (including phenoxy) is 2. The van der Waals surface area contributed by atoms with E-state index in [2.05, 4.69) is 0 Å². The van der Waals surface area contributed by atoms with Crippen LogP contribution in [0.4, 0.5) is 5.69 Å². The molecule has 1 aliphatic rings. The lowest BCUT2D eigenvalue weighted by Gasteiger charge is -2.21. The first-order valence-corrected chi connectivity index (χ1v) is 6.35. The van der Waals surface area contributed by atoms with Gasteiger partial charge in [0, 0.05) is 18.9 Å². The van der Waals surface area contributed by atoms with Crippen molar-refractivity contribution in [2.24, 2.45) is 5.92 Å². The molecule has 1 aromatic rings. The van der Waals surface area contributed by atoms with Crippen LogP contribution in [0.3, 0.4) is 0 Å². The minimum absolute atomic E-state index is 0.256. The third kappa shape index (κ3) is 3.15. The summed E-state index contributed by atoms with van der Waals surface area (Å²) in [6.07, 6.45) is 1.84. The number of esters is 1. The maximum Gasteiger partial charge on any atom is 0.341 e. The summed E-state index contributed by atoms with van der Waals surface area (Å²) in [5.74, 6) is -0.0870. The molecule has 1 aromatic carbocycles. The minimum Gasteiger partial charge on any atom is -0.462 e. The molecular formula is C13H16ClNO3. The van der Waals surface area contributed by atoms with Crippen LogP contribution in [0.15, 0.2) is 18.2 Å². The van der Waals surface area contributed by atoms with Crippen molar-refractivity contribution < 1.29 is 14.3 Å². The third-order valence-electron chi connectivity index (χ3n) is 3.04. The molecule has 0 atom stereocenters. The first kappa shape index (κ1) is 13.2. The number of nitrogens with two attached hydrogens (primary N) is 1. The molecule has 0 spiro atoms. The number of hydrogen-bond donors (Lipinski definition) is 1. The van der Waals surface area contributed by atoms with Crippen molar-refractivity contribution in [2.45, 2.75) is 12.8 Å². The maximum absolute atomic E-state index is 11.9. The molecule has 0 radical (unpaired) electrons. The highest BCUT2D eigenvalue weighted by molar-refractivity contribution is 6.34. The number of hydrogen-bond acceptors (Lipinski definition) is 4. The summed E-state index contributed by atoms with van der Waals surface area (Å²) in [5, 5.41) is 0.326. The second-order valence-electron chi connectivity index (χ2n) is 4.36. The van der Waals surface area contributed by atoms with Crippen molar-refractivity contribution in [2.75, 3.05) is 25.6 Å². The summed E-state index contributed by atoms with van der Waals surface area (Å²) in [6.45, 7) is 1.86. The number of carbonyl (C=O) groups excluding carboxylic acids is 1. The summed E-state index contributed by atoms with van der Waals surface area (Å²) < 4.78 is 10.5. The quantitative estimate of drug-likeness (QED) is 0.676. The molecule has 5 heteroatoms. The van der Waals surface area contributed by atoms with Crippen molar-refractivity contribution >= 4 is 23.3 Å². The number of anilines is 1. The van der Waals surface area contributed by atoms with Crippen molar-refractivity contribution in [3.63, 3.8) is 0 Å². The molecule has 0 aliphatic carbocycles. The lowest BCUT2D eigenvalue weighted by molar-refractivity contribution is 0.0186. The van der Waals surface area contributed by atoms with Crippen molar-refractivity contribution in [1.82, 2.24) is 0 Å². The second-order valence-corrected chi connectivity index (χ2v) is 4.77. The average Bonchev–Trinajstić information content (AvgIpc) is 2.37. The zero-order chi connectivity index (χ0) is 13.0. The standard InChI is InChI=1S/C13H16ClNO3/c14-10-2-1-3-11(15)12(10)13(16)18-8-9-4-6-17-7-5-9/h1-3,9H,4-8,15H2. The van der Waals surface area contributed by atoms with Gasteiger partial charge < -0.3 is 15.2 Å². The zero-order valence-electron chi connectivity index (χ0n) is 10.0. The monoisotopic (exact) mass is 269 g/mol. The second kappa shape index (κ2) is 6.07. The van der Waals surface area contributed by atoms with Crippen molar-refractivity contribution in [3.8, 4) is 0 Å². The predicted octanol–water partition coefficient (Wildman–Crippen LogP) is 2.51. The predicted molar refractivity (Wildman–Crippen MR) is 69.7 cm³/mol. The summed E-state index contributed by atoms with van der Waals surface area (Å²) in [7, 11) is 0. The van der Waals surface area contributed by atoms with Crippen LogP contribution in [0.2, 0.25) is 5.02 Å². The number of rotatable bonds is 3. The van der Waals surface area contributed by atoms with E-state index in [4.69, 9.17) is 26.8 Å². The van der Waals surface area contributed by atoms with E-state index in [-0.39, 0.29) is 5.56 Å². The Morgan fingerprint density at radius 1 is 1.44 bits per heavy atom. The summed E-state index contributed by atoms with van der Waals surface area (Å²) >= 11 is 5.95. The molecule has 0 saturated carbocycles. The van der Waals surface area contributed by atoms with E-state index < -0.39 is 5.97 Å². The van der Waals surface area contributed by atoms with Crippen molar-refractivity contribution in [1.29, 1.82) is 0 Å². The minimum atomic E-state index is -0.454. The first-order chi connectivity index (χ1) is 8.68. The Labute approximate surface area is 111 Å². The van der Waals surface area contributed by atoms with Crippen LogP contribution < -0.4 is 5.73 Å². The van der Waals surface area contributed by atoms with Gasteiger partial charge in [-0.05, 0) is 30.9 Å². The van der Waals surface area contributed by atoms with Gasteiger partial charge in [0.1, 0.15) is 5.56 Å². The lowest BCUT2D eigenvalue weighted by Crippen LogP contribution is -2.22. The van der Waals surface area contributed by atoms with Crippen LogP contribution in [0, 0.1) is 5.92 Å². The molecule has 0 amide bonds. The van der Waals surface area contributed by atoms with Gasteiger partial charge in [0.2, 0.25) is 0 Å². The van der Waals surface area contributed by atoms with E-state index in [9.17, 15) is 4.79 Å². The number of nitrogen functional groups attached to an aromatic ring is 1. The van der Waals surface area contributed by atoms with Gasteiger partial charge in [0.05, 0.1) is 11.6 Å². The highest BCUT2D eigenvalue weighted by Gasteiger charge is 2.19. The molecule has 1 saturated heterocycles. The Balaban J connectivity index is 1.95. The van der Waals surface area contributed by atoms with Crippen LogP contribution in [-0.2, 0) is 9.47 Å². The summed E-state index contributed by atoms with van der Waals surface area (Å²) in [5.41, 5.74) is 6.33. The van der Waals surface area contributed by atoms with Crippen LogP contribution in [0.1, 0.15) is 23.2 Å². The van der Waals surface area contributed by atoms with Gasteiger partial charge in [-0.3, -0.25) is 0 Å². The van der Waals surface area contributed by atoms with Gasteiger partial charge in [-0.1, -0.05) is 17.7 Å². The van der Waals surface area contributed by atoms with E-state index in [1.54, 1.807) is 18.2 Å². The highest BCUT2D eigenvalue weighted by atomic mass is 35.5. The molecule has 1 heterocycles. The normalized spacial score (nSPS) is 16.5. The van der Waals surface area contributed by atoms with E-state index in [0.717, 1.165) is 26.1 Å². The van der Waals surface area contributed by atoms with Crippen molar-refractivity contribution in [3.05, 3.63) is 28.8 Å². The van der Waals surface area contributed by atoms with Gasteiger partial charge in [-0.15, -0.1) is 0 Å². The van der Waals surface area contributed by atoms with E-state index in [1.807, 2.05) is 0 Å². The molecule has 18 heavy (non-hydrogen) atoms. The number of benzene rings is 1. The molecule has 0 bridgehead atoms. The fraction of sp³-hybridized carbons (Fsp3) is 0.462. The molecule has 98 valence electrons. The van der Waals surface area contributed by atoms with Crippen LogP contribution >= 0.6 is 11.6 Å². The number of halogens is 1. The van der Waals surface area contributed by atoms with Gasteiger partial charge >= 0.3 is 5.97 Å². The Hall–Kier alpha value is -1.26. The van der Waals surface area contributed by atoms with Gasteiger partial charge in [-0.25, -0.2) is 4.79 Å². The van der Waals surface area contributed by atoms with Gasteiger partial charge in [0.15, 0.2) is 0 Å². The van der Waals surface area contributed by atoms with E-state index in [1.165, 1.54) is 0 Å². The Kier molecular flexibility index (Phi) is 4.44. The lowest BCUT2D eigenvalue weighted by atomic mass is 10.0. The Morgan fingerprint density at radius 3 is 2.83 bits per heavy atom. The fourth-order valence-electron chi connectivity index (χ4n) is 1.93. The highest BCUT2D eigenvalue weighted by Crippen LogP contribution is 2.23. The smallest absolute Gasteiger partial charge is 0.341 e. The zero-order valence-corrected chi connectivity index (χ0v) is 10.8. The largest absolute Gasteiger partial charge is 0.462 e. The molecule has 1 aliphatic heterocycles. The molecule has 0 aromatic heterocycles. The molecule has 0 unspecified atom stereocenters. The van der Waals surface area contributed by atoms with Gasteiger partial charge in [-0.2, -0.15) is 0 Å². The summed E-state index contributed by atoms with van der Waals surface area (Å²) in [4.78, 5) is 11.9. The third-order valence-corrected chi connectivity index (χ3v) is 3.36. The van der Waals surface area contributed by atoms with Crippen LogP contribution in [0.25, 0.3) is 0 Å². The average molecular weight is 270 g/mol. The molecule has 2 N–H and O–H groups in total. The first-order valence-electron chi connectivity index (χ1n) is 5.97. The number of carbonyl (C=O) groups is 1. The van der Waals surface area contributed by atoms with Crippen LogP contribution in [0.5, 0.6) is 0 Å². The molecule has 1 fully saturated rings. The fourth-order valence-corrected chi connectivity index (χ4v) is 2.19. The van der Waals surface area contributed by atoms with Gasteiger partial charge in [0.25, 0.3) is 0 Å². The SMILES string of the molecule is Nc1cccc(Cl)c1C(=O)OCC1CCOCC1. The molecular weight excluding hydrogens is 254 g/mol. The van der Waals surface area contributed by atoms with E-state index in [0.29, 0.717) is 23.2 Å². The topological polar surface area (TPSA) is 61.6 Å².